The van der Waals surface area contributed by atoms with E-state index in [9.17, 15) is 0 Å². The van der Waals surface area contributed by atoms with Crippen molar-refractivity contribution >= 4 is 0 Å². The fourth-order valence-electron chi connectivity index (χ4n) is 3.04. The van der Waals surface area contributed by atoms with Gasteiger partial charge in [0.05, 0.1) is 25.3 Å². The van der Waals surface area contributed by atoms with Crippen molar-refractivity contribution in [1.82, 2.24) is 4.57 Å². The summed E-state index contributed by atoms with van der Waals surface area (Å²) in [5, 5.41) is 9.04. The second kappa shape index (κ2) is 5.63. The molecule has 1 atom stereocenters. The van der Waals surface area contributed by atoms with E-state index in [1.807, 2.05) is 12.1 Å². The lowest BCUT2D eigenvalue weighted by Gasteiger charge is -2.17. The minimum absolute atomic E-state index is 0.155. The Morgan fingerprint density at radius 3 is 3.00 bits per heavy atom. The summed E-state index contributed by atoms with van der Waals surface area (Å²) in [4.78, 5) is 0. The predicted octanol–water partition coefficient (Wildman–Crippen LogP) is 2.75. The van der Waals surface area contributed by atoms with E-state index < -0.39 is 0 Å². The molecule has 1 aliphatic rings. The second-order valence-electron chi connectivity index (χ2n) is 5.55. The maximum Gasteiger partial charge on any atom is 0.123 e. The molecule has 0 fully saturated rings. The molecule has 0 saturated carbocycles. The minimum Gasteiger partial charge on any atom is -0.496 e. The van der Waals surface area contributed by atoms with Gasteiger partial charge < -0.3 is 15.0 Å². The third kappa shape index (κ3) is 2.65. The van der Waals surface area contributed by atoms with Gasteiger partial charge >= 0.3 is 0 Å². The Bertz CT molecular complexity index is 697. The van der Waals surface area contributed by atoms with Crippen molar-refractivity contribution in [2.45, 2.75) is 31.8 Å². The molecule has 108 valence electrons. The number of methoxy groups -OCH3 is 1. The molecule has 2 aromatic rings. The van der Waals surface area contributed by atoms with Crippen molar-refractivity contribution in [3.05, 3.63) is 52.8 Å². The lowest BCUT2D eigenvalue weighted by Crippen LogP contribution is -2.15. The Hall–Kier alpha value is -2.25. The highest BCUT2D eigenvalue weighted by atomic mass is 16.5. The van der Waals surface area contributed by atoms with Gasteiger partial charge in [-0.2, -0.15) is 5.26 Å². The van der Waals surface area contributed by atoms with E-state index in [-0.39, 0.29) is 6.04 Å². The third-order valence-electron chi connectivity index (χ3n) is 4.12. The van der Waals surface area contributed by atoms with Gasteiger partial charge in [0.15, 0.2) is 0 Å². The number of hydrogen-bond donors (Lipinski definition) is 1. The van der Waals surface area contributed by atoms with Gasteiger partial charge in [0.1, 0.15) is 5.75 Å². The number of nitrogens with two attached hydrogens (primary N) is 1. The summed E-state index contributed by atoms with van der Waals surface area (Å²) in [5.41, 5.74) is 10.4. The zero-order chi connectivity index (χ0) is 14.8. The van der Waals surface area contributed by atoms with Gasteiger partial charge in [0.25, 0.3) is 0 Å². The van der Waals surface area contributed by atoms with E-state index in [0.717, 1.165) is 30.6 Å². The minimum atomic E-state index is 0.155. The number of aromatic nitrogens is 1. The van der Waals surface area contributed by atoms with Gasteiger partial charge in [-0.1, -0.05) is 0 Å². The quantitative estimate of drug-likeness (QED) is 0.940. The molecule has 1 unspecified atom stereocenters. The van der Waals surface area contributed by atoms with Gasteiger partial charge in [-0.05, 0) is 48.6 Å². The number of nitrogens with zero attached hydrogens (tertiary/aromatic N) is 2. The highest BCUT2D eigenvalue weighted by Gasteiger charge is 2.19. The molecule has 0 radical (unpaired) electrons. The molecule has 1 aliphatic carbocycles. The monoisotopic (exact) mass is 281 g/mol. The summed E-state index contributed by atoms with van der Waals surface area (Å²) in [5.74, 6) is 0.810. The van der Waals surface area contributed by atoms with Crippen molar-refractivity contribution in [2.75, 3.05) is 7.11 Å². The van der Waals surface area contributed by atoms with Crippen molar-refractivity contribution in [3.63, 3.8) is 0 Å². The van der Waals surface area contributed by atoms with Crippen LogP contribution < -0.4 is 10.5 Å². The molecular weight excluding hydrogens is 262 g/mol. The zero-order valence-electron chi connectivity index (χ0n) is 12.2. The van der Waals surface area contributed by atoms with Crippen LogP contribution in [0.1, 0.15) is 41.1 Å². The molecule has 4 heteroatoms. The van der Waals surface area contributed by atoms with E-state index in [1.165, 1.54) is 11.1 Å². The van der Waals surface area contributed by atoms with E-state index in [0.29, 0.717) is 12.1 Å². The Labute approximate surface area is 124 Å². The fourth-order valence-corrected chi connectivity index (χ4v) is 3.04. The summed E-state index contributed by atoms with van der Waals surface area (Å²) >= 11 is 0. The van der Waals surface area contributed by atoms with Crippen LogP contribution in [0.2, 0.25) is 0 Å². The lowest BCUT2D eigenvalue weighted by atomic mass is 9.92. The molecule has 0 aliphatic heterocycles. The van der Waals surface area contributed by atoms with Crippen LogP contribution in [0.5, 0.6) is 5.75 Å². The molecule has 21 heavy (non-hydrogen) atoms. The molecule has 0 amide bonds. The molecule has 0 bridgehead atoms. The van der Waals surface area contributed by atoms with Gasteiger partial charge in [-0.15, -0.1) is 0 Å². The number of fused-ring (bicyclic) bond motifs is 1. The van der Waals surface area contributed by atoms with Crippen molar-refractivity contribution in [1.29, 1.82) is 5.26 Å². The van der Waals surface area contributed by atoms with E-state index in [2.05, 4.69) is 23.0 Å². The molecule has 3 rings (SSSR count). The van der Waals surface area contributed by atoms with Crippen LogP contribution in [-0.4, -0.2) is 11.7 Å². The maximum absolute atomic E-state index is 9.04. The average Bonchev–Trinajstić information content (AvgIpc) is 2.91. The van der Waals surface area contributed by atoms with Crippen molar-refractivity contribution in [2.24, 2.45) is 5.73 Å². The first-order valence-electron chi connectivity index (χ1n) is 7.22. The molecule has 1 aromatic carbocycles. The predicted molar refractivity (Wildman–Crippen MR) is 81.1 cm³/mol. The number of hydrogen-bond acceptors (Lipinski definition) is 3. The third-order valence-corrected chi connectivity index (χ3v) is 4.12. The van der Waals surface area contributed by atoms with Crippen LogP contribution in [-0.2, 0) is 13.0 Å². The highest BCUT2D eigenvalue weighted by molar-refractivity contribution is 5.42. The smallest absolute Gasteiger partial charge is 0.123 e. The van der Waals surface area contributed by atoms with Gasteiger partial charge in [-0.3, -0.25) is 0 Å². The van der Waals surface area contributed by atoms with Crippen LogP contribution in [0, 0.1) is 11.3 Å². The fraction of sp³-hybridized carbons (Fsp3) is 0.353. The van der Waals surface area contributed by atoms with Gasteiger partial charge in [0.2, 0.25) is 0 Å². The number of rotatable bonds is 3. The molecule has 0 spiro atoms. The van der Waals surface area contributed by atoms with Crippen LogP contribution >= 0.6 is 0 Å². The van der Waals surface area contributed by atoms with Crippen LogP contribution in [0.4, 0.5) is 0 Å². The molecule has 4 nitrogen and oxygen atoms in total. The van der Waals surface area contributed by atoms with Crippen LogP contribution in [0.25, 0.3) is 0 Å². The standard InChI is InChI=1S/C17H19N3O/c1-21-17-6-5-12(8-18)7-14(17)10-20-9-13-3-2-4-16(19)15(13)11-20/h5-7,9,11,16H,2-4,10,19H2,1H3. The van der Waals surface area contributed by atoms with E-state index in [4.69, 9.17) is 15.7 Å². The van der Waals surface area contributed by atoms with E-state index >= 15 is 0 Å². The summed E-state index contributed by atoms with van der Waals surface area (Å²) < 4.78 is 7.54. The van der Waals surface area contributed by atoms with Crippen molar-refractivity contribution < 1.29 is 4.74 Å². The summed E-state index contributed by atoms with van der Waals surface area (Å²) in [6.45, 7) is 0.693. The second-order valence-corrected chi connectivity index (χ2v) is 5.55. The average molecular weight is 281 g/mol. The Morgan fingerprint density at radius 1 is 1.43 bits per heavy atom. The van der Waals surface area contributed by atoms with E-state index in [1.54, 1.807) is 13.2 Å². The lowest BCUT2D eigenvalue weighted by molar-refractivity contribution is 0.408. The molecule has 1 aromatic heterocycles. The normalized spacial score (nSPS) is 17.1. The Balaban J connectivity index is 1.92. The van der Waals surface area contributed by atoms with Crippen LogP contribution in [0.3, 0.4) is 0 Å². The molecule has 2 N–H and O–H groups in total. The molecular formula is C17H19N3O. The number of ether oxygens (including phenoxy) is 1. The largest absolute Gasteiger partial charge is 0.496 e. The zero-order valence-corrected chi connectivity index (χ0v) is 12.2. The number of benzene rings is 1. The first-order valence-corrected chi connectivity index (χ1v) is 7.22. The van der Waals surface area contributed by atoms with Crippen molar-refractivity contribution in [3.8, 4) is 11.8 Å². The highest BCUT2D eigenvalue weighted by Crippen LogP contribution is 2.29. The van der Waals surface area contributed by atoms with Crippen LogP contribution in [0.15, 0.2) is 30.6 Å². The first kappa shape index (κ1) is 13.7. The number of aryl methyl sites for hydroxylation is 1. The summed E-state index contributed by atoms with van der Waals surface area (Å²) in [6, 6.07) is 7.84. The first-order chi connectivity index (χ1) is 10.2. The van der Waals surface area contributed by atoms with Gasteiger partial charge in [-0.25, -0.2) is 0 Å². The maximum atomic E-state index is 9.04. The van der Waals surface area contributed by atoms with Gasteiger partial charge in [0, 0.05) is 24.0 Å². The summed E-state index contributed by atoms with van der Waals surface area (Å²) in [7, 11) is 1.65. The SMILES string of the molecule is COc1ccc(C#N)cc1Cn1cc2c(c1)C(N)CCC2. The number of nitriles is 1. The Morgan fingerprint density at radius 2 is 2.29 bits per heavy atom. The topological polar surface area (TPSA) is 64.0 Å². The Kier molecular flexibility index (Phi) is 3.68. The molecule has 1 heterocycles. The summed E-state index contributed by atoms with van der Waals surface area (Å²) in [6.07, 6.45) is 7.63. The molecule has 0 saturated heterocycles.